The molecule has 108 valence electrons. The lowest BCUT2D eigenvalue weighted by Gasteiger charge is -2.41. The van der Waals surface area contributed by atoms with Gasteiger partial charge in [0.1, 0.15) is 5.82 Å². The van der Waals surface area contributed by atoms with E-state index in [-0.39, 0.29) is 11.1 Å². The standard InChI is InChI=1S/C14H19N3O3/c18-13(19)10-7-16-12(8-15-10)17-11-3-6-20-9-14(11)4-1-2-5-14/h7-8,11H,1-6,9H2,(H,16,17)(H,18,19). The van der Waals surface area contributed by atoms with Crippen LogP contribution >= 0.6 is 0 Å². The molecule has 2 N–H and O–H groups in total. The van der Waals surface area contributed by atoms with Gasteiger partial charge < -0.3 is 15.2 Å². The summed E-state index contributed by atoms with van der Waals surface area (Å²) < 4.78 is 5.67. The summed E-state index contributed by atoms with van der Waals surface area (Å²) in [5, 5.41) is 12.3. The zero-order chi connectivity index (χ0) is 14.0. The van der Waals surface area contributed by atoms with Crippen molar-refractivity contribution >= 4 is 11.8 Å². The molecule has 2 heterocycles. The Hall–Kier alpha value is -1.69. The van der Waals surface area contributed by atoms with Crippen LogP contribution in [0.2, 0.25) is 0 Å². The van der Waals surface area contributed by atoms with Gasteiger partial charge in [-0.15, -0.1) is 0 Å². The zero-order valence-corrected chi connectivity index (χ0v) is 11.3. The summed E-state index contributed by atoms with van der Waals surface area (Å²) in [7, 11) is 0. The average molecular weight is 277 g/mol. The third-order valence-corrected chi connectivity index (χ3v) is 4.47. The van der Waals surface area contributed by atoms with Crippen LogP contribution in [0.5, 0.6) is 0 Å². The van der Waals surface area contributed by atoms with Gasteiger partial charge in [0.05, 0.1) is 19.0 Å². The fraction of sp³-hybridized carbons (Fsp3) is 0.643. The lowest BCUT2D eigenvalue weighted by Crippen LogP contribution is -2.46. The molecular weight excluding hydrogens is 258 g/mol. The molecule has 0 amide bonds. The summed E-state index contributed by atoms with van der Waals surface area (Å²) in [6, 6.07) is 0.337. The van der Waals surface area contributed by atoms with Gasteiger partial charge in [-0.05, 0) is 19.3 Å². The molecule has 0 aromatic carbocycles. The number of carboxylic acids is 1. The number of nitrogens with zero attached hydrogens (tertiary/aromatic N) is 2. The van der Waals surface area contributed by atoms with Crippen LogP contribution < -0.4 is 5.32 Å². The van der Waals surface area contributed by atoms with E-state index < -0.39 is 5.97 Å². The number of aromatic nitrogens is 2. The molecule has 6 nitrogen and oxygen atoms in total. The molecule has 1 unspecified atom stereocenters. The third-order valence-electron chi connectivity index (χ3n) is 4.47. The second-order valence-electron chi connectivity index (χ2n) is 5.70. The van der Waals surface area contributed by atoms with E-state index in [0.717, 1.165) is 19.6 Å². The van der Waals surface area contributed by atoms with E-state index in [1.54, 1.807) is 0 Å². The van der Waals surface area contributed by atoms with Crippen molar-refractivity contribution in [2.24, 2.45) is 5.41 Å². The van der Waals surface area contributed by atoms with Crippen molar-refractivity contribution in [2.45, 2.75) is 38.1 Å². The molecule has 0 radical (unpaired) electrons. The maximum Gasteiger partial charge on any atom is 0.356 e. The van der Waals surface area contributed by atoms with Gasteiger partial charge in [-0.3, -0.25) is 0 Å². The second kappa shape index (κ2) is 5.36. The summed E-state index contributed by atoms with van der Waals surface area (Å²) in [6.45, 7) is 1.57. The third kappa shape index (κ3) is 2.47. The van der Waals surface area contributed by atoms with Gasteiger partial charge >= 0.3 is 5.97 Å². The van der Waals surface area contributed by atoms with Gasteiger partial charge in [0.15, 0.2) is 5.69 Å². The summed E-state index contributed by atoms with van der Waals surface area (Å²) in [5.74, 6) is -0.407. The maximum atomic E-state index is 10.8. The molecule has 20 heavy (non-hydrogen) atoms. The van der Waals surface area contributed by atoms with Gasteiger partial charge in [0.2, 0.25) is 0 Å². The first-order chi connectivity index (χ1) is 9.70. The minimum atomic E-state index is -1.05. The smallest absolute Gasteiger partial charge is 0.356 e. The molecule has 0 bridgehead atoms. The Kier molecular flexibility index (Phi) is 3.56. The minimum absolute atomic E-state index is 0.0295. The Bertz CT molecular complexity index is 483. The SMILES string of the molecule is O=C(O)c1cnc(NC2CCOCC23CCCC3)cn1. The highest BCUT2D eigenvalue weighted by molar-refractivity contribution is 5.84. The van der Waals surface area contributed by atoms with Crippen molar-refractivity contribution in [1.82, 2.24) is 9.97 Å². The number of hydrogen-bond donors (Lipinski definition) is 2. The summed E-state index contributed by atoms with van der Waals surface area (Å²) in [6.07, 6.45) is 8.64. The van der Waals surface area contributed by atoms with Crippen molar-refractivity contribution in [3.63, 3.8) is 0 Å². The number of carbonyl (C=O) groups is 1. The quantitative estimate of drug-likeness (QED) is 0.878. The molecule has 2 aliphatic rings. The highest BCUT2D eigenvalue weighted by Crippen LogP contribution is 2.45. The molecule has 3 rings (SSSR count). The first-order valence-corrected chi connectivity index (χ1v) is 7.09. The van der Waals surface area contributed by atoms with Crippen LogP contribution in [0.25, 0.3) is 0 Å². The Morgan fingerprint density at radius 2 is 2.15 bits per heavy atom. The van der Waals surface area contributed by atoms with Crippen LogP contribution in [0.3, 0.4) is 0 Å². The number of nitrogens with one attached hydrogen (secondary N) is 1. The van der Waals surface area contributed by atoms with Gasteiger partial charge in [0.25, 0.3) is 0 Å². The van der Waals surface area contributed by atoms with E-state index in [9.17, 15) is 4.79 Å². The summed E-state index contributed by atoms with van der Waals surface area (Å²) >= 11 is 0. The van der Waals surface area contributed by atoms with E-state index in [0.29, 0.717) is 11.9 Å². The van der Waals surface area contributed by atoms with Crippen LogP contribution in [-0.2, 0) is 4.74 Å². The maximum absolute atomic E-state index is 10.8. The molecule has 1 aliphatic carbocycles. The topological polar surface area (TPSA) is 84.3 Å². The summed E-state index contributed by atoms with van der Waals surface area (Å²) in [4.78, 5) is 18.8. The molecule has 1 atom stereocenters. The lowest BCUT2D eigenvalue weighted by molar-refractivity contribution is -0.0133. The Morgan fingerprint density at radius 3 is 2.80 bits per heavy atom. The molecule has 1 spiro atoms. The Balaban J connectivity index is 1.73. The number of aromatic carboxylic acids is 1. The minimum Gasteiger partial charge on any atom is -0.476 e. The first-order valence-electron chi connectivity index (χ1n) is 7.09. The molecular formula is C14H19N3O3. The van der Waals surface area contributed by atoms with Crippen molar-refractivity contribution in [1.29, 1.82) is 0 Å². The molecule has 6 heteroatoms. The molecule has 1 aromatic heterocycles. The Labute approximate surface area is 117 Å². The highest BCUT2D eigenvalue weighted by atomic mass is 16.5. The van der Waals surface area contributed by atoms with Crippen molar-refractivity contribution in [3.8, 4) is 0 Å². The fourth-order valence-electron chi connectivity index (χ4n) is 3.37. The molecule has 1 aliphatic heterocycles. The van der Waals surface area contributed by atoms with Gasteiger partial charge in [0, 0.05) is 18.1 Å². The average Bonchev–Trinajstić information content (AvgIpc) is 2.91. The summed E-state index contributed by atoms with van der Waals surface area (Å²) in [5.41, 5.74) is 0.184. The van der Waals surface area contributed by atoms with Crippen LogP contribution in [0.4, 0.5) is 5.82 Å². The number of anilines is 1. The number of hydrogen-bond acceptors (Lipinski definition) is 5. The Morgan fingerprint density at radius 1 is 1.35 bits per heavy atom. The monoisotopic (exact) mass is 277 g/mol. The molecule has 2 fully saturated rings. The normalized spacial score (nSPS) is 24.7. The predicted molar refractivity (Wildman–Crippen MR) is 72.7 cm³/mol. The van der Waals surface area contributed by atoms with E-state index >= 15 is 0 Å². The van der Waals surface area contributed by atoms with Crippen LogP contribution in [0.15, 0.2) is 12.4 Å². The van der Waals surface area contributed by atoms with Crippen LogP contribution in [-0.4, -0.2) is 40.3 Å². The van der Waals surface area contributed by atoms with Crippen LogP contribution in [0.1, 0.15) is 42.6 Å². The van der Waals surface area contributed by atoms with E-state index in [1.807, 2.05) is 0 Å². The second-order valence-corrected chi connectivity index (χ2v) is 5.70. The molecule has 1 saturated heterocycles. The van der Waals surface area contributed by atoms with Crippen LogP contribution in [0, 0.1) is 5.41 Å². The number of carboxylic acid groups (broad SMARTS) is 1. The van der Waals surface area contributed by atoms with Crippen molar-refractivity contribution in [2.75, 3.05) is 18.5 Å². The number of ether oxygens (including phenoxy) is 1. The highest BCUT2D eigenvalue weighted by Gasteiger charge is 2.43. The van der Waals surface area contributed by atoms with Gasteiger partial charge in [-0.2, -0.15) is 0 Å². The van der Waals surface area contributed by atoms with Crippen molar-refractivity contribution < 1.29 is 14.6 Å². The van der Waals surface area contributed by atoms with Gasteiger partial charge in [-0.1, -0.05) is 12.8 Å². The van der Waals surface area contributed by atoms with E-state index in [1.165, 1.54) is 38.1 Å². The zero-order valence-electron chi connectivity index (χ0n) is 11.3. The first kappa shape index (κ1) is 13.3. The predicted octanol–water partition coefficient (Wildman–Crippen LogP) is 1.94. The lowest BCUT2D eigenvalue weighted by atomic mass is 9.76. The molecule has 1 saturated carbocycles. The fourth-order valence-corrected chi connectivity index (χ4v) is 3.37. The van der Waals surface area contributed by atoms with E-state index in [4.69, 9.17) is 9.84 Å². The largest absolute Gasteiger partial charge is 0.476 e. The number of rotatable bonds is 3. The van der Waals surface area contributed by atoms with Crippen molar-refractivity contribution in [3.05, 3.63) is 18.1 Å². The van der Waals surface area contributed by atoms with Gasteiger partial charge in [-0.25, -0.2) is 14.8 Å². The van der Waals surface area contributed by atoms with E-state index in [2.05, 4.69) is 15.3 Å². The molecule has 1 aromatic rings.